The molecule has 0 bridgehead atoms. The van der Waals surface area contributed by atoms with E-state index in [-0.39, 0.29) is 18.6 Å². The molecular formula is C14H20N2O2. The number of nitrogens with one attached hydrogen (secondary N) is 1. The summed E-state index contributed by atoms with van der Waals surface area (Å²) in [5.74, 6) is 0.102. The Labute approximate surface area is 108 Å². The van der Waals surface area contributed by atoms with Gasteiger partial charge in [0.2, 0.25) is 5.91 Å². The maximum atomic E-state index is 12.3. The van der Waals surface area contributed by atoms with Crippen LogP contribution in [-0.2, 0) is 11.3 Å². The highest BCUT2D eigenvalue weighted by Gasteiger charge is 2.26. The molecule has 0 radical (unpaired) electrons. The van der Waals surface area contributed by atoms with Crippen LogP contribution in [0.1, 0.15) is 18.4 Å². The predicted octanol–water partition coefficient (Wildman–Crippen LogP) is 0.759. The molecule has 2 rings (SSSR count). The lowest BCUT2D eigenvalue weighted by molar-refractivity contribution is -0.134. The second kappa shape index (κ2) is 6.52. The molecule has 1 amide bonds. The van der Waals surface area contributed by atoms with Crippen molar-refractivity contribution in [1.82, 2.24) is 10.2 Å². The van der Waals surface area contributed by atoms with Gasteiger partial charge in [-0.3, -0.25) is 4.79 Å². The number of benzene rings is 1. The van der Waals surface area contributed by atoms with Gasteiger partial charge in [0.15, 0.2) is 0 Å². The van der Waals surface area contributed by atoms with Crippen molar-refractivity contribution in [2.45, 2.75) is 25.4 Å². The van der Waals surface area contributed by atoms with Gasteiger partial charge < -0.3 is 15.3 Å². The van der Waals surface area contributed by atoms with E-state index in [4.69, 9.17) is 5.11 Å². The van der Waals surface area contributed by atoms with Crippen molar-refractivity contribution >= 4 is 5.91 Å². The van der Waals surface area contributed by atoms with E-state index in [1.165, 1.54) is 0 Å². The number of amides is 1. The Bertz CT molecular complexity index is 375. The van der Waals surface area contributed by atoms with Crippen molar-refractivity contribution in [3.8, 4) is 0 Å². The van der Waals surface area contributed by atoms with Crippen molar-refractivity contribution in [1.29, 1.82) is 0 Å². The second-order valence-electron chi connectivity index (χ2n) is 4.62. The summed E-state index contributed by atoms with van der Waals surface area (Å²) in [4.78, 5) is 14.0. The maximum absolute atomic E-state index is 12.3. The van der Waals surface area contributed by atoms with Crippen LogP contribution < -0.4 is 5.32 Å². The molecule has 1 saturated heterocycles. The van der Waals surface area contributed by atoms with E-state index in [1.54, 1.807) is 4.90 Å². The predicted molar refractivity (Wildman–Crippen MR) is 70.0 cm³/mol. The molecule has 1 aromatic rings. The zero-order chi connectivity index (χ0) is 12.8. The summed E-state index contributed by atoms with van der Waals surface area (Å²) in [6.07, 6.45) is 1.95. The molecule has 18 heavy (non-hydrogen) atoms. The Hall–Kier alpha value is -1.39. The van der Waals surface area contributed by atoms with Crippen LogP contribution in [0.4, 0.5) is 0 Å². The largest absolute Gasteiger partial charge is 0.395 e. The first-order chi connectivity index (χ1) is 8.81. The quantitative estimate of drug-likeness (QED) is 0.809. The smallest absolute Gasteiger partial charge is 0.240 e. The third kappa shape index (κ3) is 3.31. The summed E-state index contributed by atoms with van der Waals surface area (Å²) in [7, 11) is 0. The summed E-state index contributed by atoms with van der Waals surface area (Å²) in [6.45, 7) is 1.88. The molecule has 1 heterocycles. The van der Waals surface area contributed by atoms with Gasteiger partial charge in [0.25, 0.3) is 0 Å². The van der Waals surface area contributed by atoms with Gasteiger partial charge in [-0.25, -0.2) is 0 Å². The molecule has 0 spiro atoms. The Morgan fingerprint density at radius 1 is 1.39 bits per heavy atom. The van der Waals surface area contributed by atoms with Crippen LogP contribution >= 0.6 is 0 Å². The normalized spacial score (nSPS) is 18.8. The topological polar surface area (TPSA) is 52.6 Å². The fraction of sp³-hybridized carbons (Fsp3) is 0.500. The number of carbonyl (C=O) groups is 1. The molecule has 1 aliphatic heterocycles. The summed E-state index contributed by atoms with van der Waals surface area (Å²) < 4.78 is 0. The van der Waals surface area contributed by atoms with Crippen LogP contribution in [0.5, 0.6) is 0 Å². The van der Waals surface area contributed by atoms with Gasteiger partial charge in [0.05, 0.1) is 12.6 Å². The van der Waals surface area contributed by atoms with Crippen molar-refractivity contribution in [2.24, 2.45) is 0 Å². The Balaban J connectivity index is 2.00. The fourth-order valence-corrected chi connectivity index (χ4v) is 2.31. The molecule has 0 aliphatic carbocycles. The molecule has 1 aromatic carbocycles. The molecular weight excluding hydrogens is 228 g/mol. The van der Waals surface area contributed by atoms with Gasteiger partial charge in [-0.15, -0.1) is 0 Å². The Morgan fingerprint density at radius 2 is 2.17 bits per heavy atom. The van der Waals surface area contributed by atoms with E-state index in [1.807, 2.05) is 30.3 Å². The van der Waals surface area contributed by atoms with Crippen LogP contribution in [-0.4, -0.2) is 41.7 Å². The molecule has 1 fully saturated rings. The zero-order valence-corrected chi connectivity index (χ0v) is 10.5. The number of rotatable bonds is 5. The summed E-state index contributed by atoms with van der Waals surface area (Å²) in [5, 5.41) is 12.3. The van der Waals surface area contributed by atoms with Crippen LogP contribution in [0.3, 0.4) is 0 Å². The number of hydrogen-bond donors (Lipinski definition) is 2. The van der Waals surface area contributed by atoms with Gasteiger partial charge in [-0.1, -0.05) is 30.3 Å². The van der Waals surface area contributed by atoms with Gasteiger partial charge >= 0.3 is 0 Å². The number of carbonyl (C=O) groups excluding carboxylic acids is 1. The minimum atomic E-state index is -0.0692. The number of aliphatic hydroxyl groups excluding tert-OH is 1. The zero-order valence-electron chi connectivity index (χ0n) is 10.5. The van der Waals surface area contributed by atoms with Crippen molar-refractivity contribution in [3.05, 3.63) is 35.9 Å². The fourth-order valence-electron chi connectivity index (χ4n) is 2.31. The van der Waals surface area contributed by atoms with Crippen molar-refractivity contribution in [3.63, 3.8) is 0 Å². The molecule has 4 heteroatoms. The van der Waals surface area contributed by atoms with E-state index in [0.29, 0.717) is 13.1 Å². The number of aliphatic hydroxyl groups is 1. The Morgan fingerprint density at radius 3 is 2.78 bits per heavy atom. The molecule has 2 N–H and O–H groups in total. The molecule has 1 aliphatic rings. The van der Waals surface area contributed by atoms with Gasteiger partial charge in [-0.2, -0.15) is 0 Å². The molecule has 0 saturated carbocycles. The second-order valence-corrected chi connectivity index (χ2v) is 4.62. The van der Waals surface area contributed by atoms with Crippen LogP contribution in [0.2, 0.25) is 0 Å². The molecule has 4 nitrogen and oxygen atoms in total. The van der Waals surface area contributed by atoms with Crippen LogP contribution in [0.15, 0.2) is 30.3 Å². The van der Waals surface area contributed by atoms with Gasteiger partial charge in [0, 0.05) is 13.1 Å². The minimum Gasteiger partial charge on any atom is -0.395 e. The third-order valence-electron chi connectivity index (χ3n) is 3.26. The van der Waals surface area contributed by atoms with E-state index in [0.717, 1.165) is 24.9 Å². The van der Waals surface area contributed by atoms with Gasteiger partial charge in [0.1, 0.15) is 0 Å². The van der Waals surface area contributed by atoms with E-state index in [9.17, 15) is 4.79 Å². The lowest BCUT2D eigenvalue weighted by Gasteiger charge is -2.25. The van der Waals surface area contributed by atoms with Crippen LogP contribution in [0.25, 0.3) is 0 Å². The van der Waals surface area contributed by atoms with Crippen molar-refractivity contribution in [2.75, 3.05) is 19.7 Å². The van der Waals surface area contributed by atoms with Crippen LogP contribution in [0, 0.1) is 0 Å². The summed E-state index contributed by atoms with van der Waals surface area (Å²) in [5.41, 5.74) is 1.09. The molecule has 98 valence electrons. The highest BCUT2D eigenvalue weighted by atomic mass is 16.3. The standard InChI is InChI=1S/C14H20N2O2/c17-10-9-16(11-12-5-2-1-3-6-12)14(18)13-7-4-8-15-13/h1-3,5-6,13,15,17H,4,7-11H2/t13-/m1/s1. The lowest BCUT2D eigenvalue weighted by Crippen LogP contribution is -2.44. The van der Waals surface area contributed by atoms with E-state index < -0.39 is 0 Å². The maximum Gasteiger partial charge on any atom is 0.240 e. The number of hydrogen-bond acceptors (Lipinski definition) is 3. The average molecular weight is 248 g/mol. The van der Waals surface area contributed by atoms with Gasteiger partial charge in [-0.05, 0) is 24.9 Å². The SMILES string of the molecule is O=C([C@H]1CCCN1)N(CCO)Cc1ccccc1. The first-order valence-electron chi connectivity index (χ1n) is 6.48. The highest BCUT2D eigenvalue weighted by molar-refractivity contribution is 5.82. The molecule has 0 aromatic heterocycles. The molecule has 1 atom stereocenters. The number of nitrogens with zero attached hydrogens (tertiary/aromatic N) is 1. The monoisotopic (exact) mass is 248 g/mol. The van der Waals surface area contributed by atoms with E-state index in [2.05, 4.69) is 5.32 Å². The lowest BCUT2D eigenvalue weighted by atomic mass is 10.1. The molecule has 0 unspecified atom stereocenters. The van der Waals surface area contributed by atoms with E-state index >= 15 is 0 Å². The highest BCUT2D eigenvalue weighted by Crippen LogP contribution is 2.11. The third-order valence-corrected chi connectivity index (χ3v) is 3.26. The Kier molecular flexibility index (Phi) is 4.73. The average Bonchev–Trinajstić information content (AvgIpc) is 2.92. The summed E-state index contributed by atoms with van der Waals surface area (Å²) >= 11 is 0. The first-order valence-corrected chi connectivity index (χ1v) is 6.48. The summed E-state index contributed by atoms with van der Waals surface area (Å²) in [6, 6.07) is 9.81. The first kappa shape index (κ1) is 13.1. The minimum absolute atomic E-state index is 0.00525. The van der Waals surface area contributed by atoms with Crippen molar-refractivity contribution < 1.29 is 9.90 Å².